The van der Waals surface area contributed by atoms with Crippen LogP contribution in [0.25, 0.3) is 0 Å². The van der Waals surface area contributed by atoms with Crippen molar-refractivity contribution < 1.29 is 0 Å². The molecule has 0 aliphatic heterocycles. The van der Waals surface area contributed by atoms with Crippen LogP contribution in [0.15, 0.2) is 0 Å². The number of unbranched alkanes of at least 4 members (excludes halogenated alkanes) is 8. The second-order valence-electron chi connectivity index (χ2n) is 4.86. The topological polar surface area (TPSA) is 64.1 Å². The summed E-state index contributed by atoms with van der Waals surface area (Å²) >= 11 is 0. The summed E-state index contributed by atoms with van der Waals surface area (Å²) in [6.45, 7) is 4.07. The van der Waals surface area contributed by atoms with Crippen molar-refractivity contribution in [2.45, 2.75) is 64.2 Å². The van der Waals surface area contributed by atoms with Crippen molar-refractivity contribution in [2.75, 3.05) is 26.2 Å². The summed E-state index contributed by atoms with van der Waals surface area (Å²) in [6.07, 6.45) is 13.0. The van der Waals surface area contributed by atoms with Crippen LogP contribution in [0.5, 0.6) is 0 Å². The van der Waals surface area contributed by atoms with Gasteiger partial charge in [0.1, 0.15) is 0 Å². The Balaban J connectivity index is 0. The van der Waals surface area contributed by atoms with Gasteiger partial charge in [-0.1, -0.05) is 38.5 Å². The summed E-state index contributed by atoms with van der Waals surface area (Å²) < 4.78 is 0. The first-order valence-electron chi connectivity index (χ1n) is 7.52. The van der Waals surface area contributed by atoms with E-state index in [1.54, 1.807) is 0 Å². The Bertz CT molecular complexity index is 120. The third-order valence-electron chi connectivity index (χ3n) is 3.12. The second kappa shape index (κ2) is 19.8. The summed E-state index contributed by atoms with van der Waals surface area (Å²) in [7, 11) is 0. The van der Waals surface area contributed by atoms with Crippen LogP contribution in [0, 0.1) is 0 Å². The number of rotatable bonds is 14. The average Bonchev–Trinajstić information content (AvgIpc) is 2.35. The van der Waals surface area contributed by atoms with Gasteiger partial charge in [0.2, 0.25) is 0 Å². The Labute approximate surface area is 126 Å². The molecule has 4 heteroatoms. The van der Waals surface area contributed by atoms with Crippen molar-refractivity contribution in [1.82, 2.24) is 5.32 Å². The molecular weight excluding hydrogens is 217 g/mol. The number of hydrogen-bond donors (Lipinski definition) is 3. The average molecular weight is 251 g/mol. The Kier molecular flexibility index (Phi) is 22.9. The van der Waals surface area contributed by atoms with E-state index in [2.05, 4.69) is 5.32 Å². The molecule has 0 aliphatic rings. The van der Waals surface area contributed by atoms with Gasteiger partial charge >= 0.3 is 18.9 Å². The van der Waals surface area contributed by atoms with Crippen molar-refractivity contribution in [3.8, 4) is 0 Å². The molecule has 5 N–H and O–H groups in total. The van der Waals surface area contributed by atoms with Gasteiger partial charge in [-0.2, -0.15) is 0 Å². The minimum atomic E-state index is 0. The zero-order valence-corrected chi connectivity index (χ0v) is 11.6. The van der Waals surface area contributed by atoms with Crippen LogP contribution in [0.4, 0.5) is 0 Å². The molecule has 106 valence electrons. The van der Waals surface area contributed by atoms with E-state index in [9.17, 15) is 0 Å². The molecule has 0 aromatic rings. The van der Waals surface area contributed by atoms with E-state index in [0.29, 0.717) is 0 Å². The maximum atomic E-state index is 5.45. The number of nitrogens with two attached hydrogens (primary N) is 2. The molecule has 0 amide bonds. The van der Waals surface area contributed by atoms with Gasteiger partial charge in [0, 0.05) is 0 Å². The van der Waals surface area contributed by atoms with Gasteiger partial charge in [-0.25, -0.2) is 0 Å². The maximum absolute atomic E-state index is 5.45. The Morgan fingerprint density at radius 1 is 0.500 bits per heavy atom. The van der Waals surface area contributed by atoms with Gasteiger partial charge in [0.15, 0.2) is 0 Å². The van der Waals surface area contributed by atoms with Crippen LogP contribution >= 0.6 is 0 Å². The fraction of sp³-hybridized carbons (Fsp3) is 1.00. The fourth-order valence-corrected chi connectivity index (χ4v) is 1.97. The minimum absolute atomic E-state index is 0. The Morgan fingerprint density at radius 2 is 0.833 bits per heavy atom. The molecule has 3 nitrogen and oxygen atoms in total. The molecule has 0 saturated heterocycles. The predicted octanol–water partition coefficient (Wildman–Crippen LogP) is 1.75. The molecule has 0 aromatic carbocycles. The van der Waals surface area contributed by atoms with E-state index in [4.69, 9.17) is 11.5 Å². The Hall–Kier alpha value is 0.477. The van der Waals surface area contributed by atoms with Crippen molar-refractivity contribution in [2.24, 2.45) is 11.5 Å². The van der Waals surface area contributed by atoms with Gasteiger partial charge in [-0.05, 0) is 51.9 Å². The fourth-order valence-electron chi connectivity index (χ4n) is 1.97. The summed E-state index contributed by atoms with van der Waals surface area (Å²) in [5.74, 6) is 0. The van der Waals surface area contributed by atoms with E-state index < -0.39 is 0 Å². The van der Waals surface area contributed by atoms with Crippen LogP contribution in [0.2, 0.25) is 0 Å². The van der Waals surface area contributed by atoms with Crippen molar-refractivity contribution in [1.29, 1.82) is 0 Å². The second-order valence-corrected chi connectivity index (χ2v) is 4.86. The first kappa shape index (κ1) is 20.8. The first-order valence-corrected chi connectivity index (χ1v) is 7.52. The van der Waals surface area contributed by atoms with Crippen LogP contribution in [0.1, 0.15) is 64.2 Å². The molecule has 0 unspecified atom stereocenters. The van der Waals surface area contributed by atoms with E-state index in [-0.39, 0.29) is 18.9 Å². The normalized spacial score (nSPS) is 10.3. The molecule has 0 radical (unpaired) electrons. The molecular formula is C14H34LiN3. The predicted molar refractivity (Wildman–Crippen MR) is 84.3 cm³/mol. The van der Waals surface area contributed by atoms with Crippen LogP contribution < -0.4 is 16.8 Å². The van der Waals surface area contributed by atoms with Gasteiger partial charge in [0.25, 0.3) is 0 Å². The van der Waals surface area contributed by atoms with Crippen LogP contribution in [-0.2, 0) is 0 Å². The molecule has 0 heterocycles. The zero-order chi connectivity index (χ0) is 12.6. The van der Waals surface area contributed by atoms with Crippen molar-refractivity contribution >= 4 is 18.9 Å². The summed E-state index contributed by atoms with van der Waals surface area (Å²) in [6, 6.07) is 0. The van der Waals surface area contributed by atoms with Crippen molar-refractivity contribution in [3.63, 3.8) is 0 Å². The SMILES string of the molecule is NCCCCCCCNCCCCCCCN.[LiH]. The number of nitrogens with one attached hydrogen (secondary N) is 1. The molecule has 0 rings (SSSR count). The molecule has 0 spiro atoms. The van der Waals surface area contributed by atoms with Gasteiger partial charge in [-0.15, -0.1) is 0 Å². The molecule has 0 aromatic heterocycles. The molecule has 0 aliphatic carbocycles. The molecule has 0 atom stereocenters. The van der Waals surface area contributed by atoms with Gasteiger partial charge < -0.3 is 16.8 Å². The standard InChI is InChI=1S/C14H33N3.Li.H/c15-11-7-3-1-5-9-13-17-14-10-6-2-4-8-12-16;;/h17H,1-16H2;;. The number of hydrogen-bond acceptors (Lipinski definition) is 3. The quantitative estimate of drug-likeness (QED) is 0.325. The van der Waals surface area contributed by atoms with E-state index in [0.717, 1.165) is 13.1 Å². The van der Waals surface area contributed by atoms with E-state index >= 15 is 0 Å². The van der Waals surface area contributed by atoms with Crippen LogP contribution in [-0.4, -0.2) is 45.0 Å². The Morgan fingerprint density at radius 3 is 1.22 bits per heavy atom. The van der Waals surface area contributed by atoms with Gasteiger partial charge in [-0.3, -0.25) is 0 Å². The van der Waals surface area contributed by atoms with E-state index in [1.807, 2.05) is 0 Å². The summed E-state index contributed by atoms with van der Waals surface area (Å²) in [4.78, 5) is 0. The molecule has 0 fully saturated rings. The van der Waals surface area contributed by atoms with Gasteiger partial charge in [0.05, 0.1) is 0 Å². The first-order chi connectivity index (χ1) is 8.41. The molecule has 18 heavy (non-hydrogen) atoms. The van der Waals surface area contributed by atoms with Crippen molar-refractivity contribution in [3.05, 3.63) is 0 Å². The third-order valence-corrected chi connectivity index (χ3v) is 3.12. The monoisotopic (exact) mass is 251 g/mol. The van der Waals surface area contributed by atoms with Crippen LogP contribution in [0.3, 0.4) is 0 Å². The summed E-state index contributed by atoms with van der Waals surface area (Å²) in [5.41, 5.74) is 10.9. The zero-order valence-electron chi connectivity index (χ0n) is 11.6. The summed E-state index contributed by atoms with van der Waals surface area (Å²) in [5, 5.41) is 3.52. The third kappa shape index (κ3) is 18.8. The molecule has 0 saturated carbocycles. The van der Waals surface area contributed by atoms with E-state index in [1.165, 1.54) is 77.3 Å². The molecule has 0 bridgehead atoms.